The van der Waals surface area contributed by atoms with E-state index in [2.05, 4.69) is 0 Å². The first kappa shape index (κ1) is 13.5. The lowest BCUT2D eigenvalue weighted by Gasteiger charge is -2.11. The van der Waals surface area contributed by atoms with Crippen LogP contribution in [0.25, 0.3) is 0 Å². The number of benzene rings is 1. The van der Waals surface area contributed by atoms with Crippen LogP contribution in [0.4, 0.5) is 13.2 Å². The van der Waals surface area contributed by atoms with Crippen molar-refractivity contribution in [1.29, 1.82) is 0 Å². The molecule has 0 spiro atoms. The van der Waals surface area contributed by atoms with Crippen LogP contribution in [0.5, 0.6) is 0 Å². The van der Waals surface area contributed by atoms with E-state index in [1.54, 1.807) is 0 Å². The van der Waals surface area contributed by atoms with Crippen molar-refractivity contribution in [2.24, 2.45) is 0 Å². The summed E-state index contributed by atoms with van der Waals surface area (Å²) in [6, 6.07) is 2.76. The fraction of sp³-hybridized carbons (Fsp3) is 0.250. The standard InChI is InChI=1S/C8H7ClF3O3P/c9-7-2-1-5(4-16(13,14)15)3-6(7)8(10,11)12/h1-3H,4H2,(H2,13,14,15). The van der Waals surface area contributed by atoms with E-state index >= 15 is 0 Å². The van der Waals surface area contributed by atoms with Crippen LogP contribution < -0.4 is 0 Å². The van der Waals surface area contributed by atoms with E-state index < -0.39 is 30.5 Å². The first-order valence-corrected chi connectivity index (χ1v) is 6.17. The van der Waals surface area contributed by atoms with Crippen molar-refractivity contribution in [2.45, 2.75) is 12.3 Å². The Morgan fingerprint density at radius 1 is 1.31 bits per heavy atom. The molecule has 0 unspecified atom stereocenters. The highest BCUT2D eigenvalue weighted by Crippen LogP contribution is 2.41. The van der Waals surface area contributed by atoms with Gasteiger partial charge >= 0.3 is 13.8 Å². The minimum atomic E-state index is -4.64. The van der Waals surface area contributed by atoms with Crippen molar-refractivity contribution in [1.82, 2.24) is 0 Å². The predicted octanol–water partition coefficient (Wildman–Crippen LogP) is 3.04. The van der Waals surface area contributed by atoms with Gasteiger partial charge in [0.05, 0.1) is 16.7 Å². The Morgan fingerprint density at radius 3 is 2.31 bits per heavy atom. The fourth-order valence-corrected chi connectivity index (χ4v) is 2.02. The summed E-state index contributed by atoms with van der Waals surface area (Å²) in [5, 5.41) is -0.498. The van der Waals surface area contributed by atoms with Crippen molar-refractivity contribution in [3.8, 4) is 0 Å². The molecule has 0 aromatic heterocycles. The van der Waals surface area contributed by atoms with E-state index in [4.69, 9.17) is 21.4 Å². The molecule has 0 saturated carbocycles. The third-order valence-corrected chi connectivity index (χ3v) is 2.83. The van der Waals surface area contributed by atoms with Gasteiger partial charge in [0.25, 0.3) is 0 Å². The lowest BCUT2D eigenvalue weighted by Crippen LogP contribution is -2.06. The molecule has 0 aliphatic carbocycles. The van der Waals surface area contributed by atoms with Crippen LogP contribution >= 0.6 is 19.2 Å². The highest BCUT2D eigenvalue weighted by atomic mass is 35.5. The summed E-state index contributed by atoms with van der Waals surface area (Å²) < 4.78 is 47.8. The zero-order chi connectivity index (χ0) is 12.6. The highest BCUT2D eigenvalue weighted by Gasteiger charge is 2.33. The first-order valence-electron chi connectivity index (χ1n) is 4.00. The second-order valence-corrected chi connectivity index (χ2v) is 5.19. The second-order valence-electron chi connectivity index (χ2n) is 3.13. The van der Waals surface area contributed by atoms with Crippen LogP contribution in [0.1, 0.15) is 11.1 Å². The maximum Gasteiger partial charge on any atom is 0.417 e. The summed E-state index contributed by atoms with van der Waals surface area (Å²) in [5.74, 6) is 0. The van der Waals surface area contributed by atoms with E-state index in [9.17, 15) is 17.7 Å². The van der Waals surface area contributed by atoms with Crippen molar-refractivity contribution in [3.63, 3.8) is 0 Å². The Hall–Kier alpha value is -0.550. The molecule has 2 N–H and O–H groups in total. The van der Waals surface area contributed by atoms with Crippen molar-refractivity contribution in [2.75, 3.05) is 0 Å². The molecule has 0 saturated heterocycles. The molecule has 0 aliphatic heterocycles. The summed E-state index contributed by atoms with van der Waals surface area (Å²) in [6.45, 7) is 0. The Morgan fingerprint density at radius 2 is 1.88 bits per heavy atom. The van der Waals surface area contributed by atoms with E-state index in [0.29, 0.717) is 6.07 Å². The number of hydrogen-bond donors (Lipinski definition) is 2. The topological polar surface area (TPSA) is 57.5 Å². The first-order chi connectivity index (χ1) is 7.09. The Kier molecular flexibility index (Phi) is 3.69. The summed E-state index contributed by atoms with van der Waals surface area (Å²) in [5.41, 5.74) is -1.20. The molecule has 16 heavy (non-hydrogen) atoms. The molecule has 0 bridgehead atoms. The molecular weight excluding hydrogens is 268 g/mol. The fourth-order valence-electron chi connectivity index (χ4n) is 1.13. The Labute approximate surface area is 94.0 Å². The monoisotopic (exact) mass is 274 g/mol. The average molecular weight is 275 g/mol. The molecule has 0 fully saturated rings. The van der Waals surface area contributed by atoms with Gasteiger partial charge in [-0.3, -0.25) is 4.57 Å². The minimum Gasteiger partial charge on any atom is -0.324 e. The van der Waals surface area contributed by atoms with E-state index in [1.165, 1.54) is 0 Å². The molecule has 8 heteroatoms. The Bertz CT molecular complexity index is 441. The van der Waals surface area contributed by atoms with Gasteiger partial charge in [-0.25, -0.2) is 0 Å². The predicted molar refractivity (Wildman–Crippen MR) is 52.2 cm³/mol. The van der Waals surface area contributed by atoms with Crippen molar-refractivity contribution >= 4 is 19.2 Å². The van der Waals surface area contributed by atoms with Gasteiger partial charge in [0.15, 0.2) is 0 Å². The van der Waals surface area contributed by atoms with E-state index in [1.807, 2.05) is 0 Å². The smallest absolute Gasteiger partial charge is 0.324 e. The third-order valence-electron chi connectivity index (χ3n) is 1.72. The van der Waals surface area contributed by atoms with Gasteiger partial charge in [0.1, 0.15) is 0 Å². The van der Waals surface area contributed by atoms with Gasteiger partial charge in [-0.1, -0.05) is 17.7 Å². The van der Waals surface area contributed by atoms with Crippen LogP contribution in [0.15, 0.2) is 18.2 Å². The van der Waals surface area contributed by atoms with Crippen LogP contribution in [0.2, 0.25) is 5.02 Å². The maximum atomic E-state index is 12.4. The number of hydrogen-bond acceptors (Lipinski definition) is 1. The van der Waals surface area contributed by atoms with Gasteiger partial charge in [-0.2, -0.15) is 13.2 Å². The number of rotatable bonds is 2. The van der Waals surface area contributed by atoms with Gasteiger partial charge in [-0.05, 0) is 17.7 Å². The normalized spacial score (nSPS) is 12.9. The molecule has 0 aliphatic rings. The average Bonchev–Trinajstić information content (AvgIpc) is 2.04. The van der Waals surface area contributed by atoms with Crippen molar-refractivity contribution < 1.29 is 27.5 Å². The quantitative estimate of drug-likeness (QED) is 0.815. The highest BCUT2D eigenvalue weighted by molar-refractivity contribution is 7.50. The molecule has 1 aromatic rings. The third kappa shape index (κ3) is 3.79. The van der Waals surface area contributed by atoms with Crippen LogP contribution in [-0.2, 0) is 16.9 Å². The molecule has 1 rings (SSSR count). The van der Waals surface area contributed by atoms with Gasteiger partial charge in [0.2, 0.25) is 0 Å². The molecule has 0 radical (unpaired) electrons. The van der Waals surface area contributed by atoms with E-state index in [-0.39, 0.29) is 5.56 Å². The minimum absolute atomic E-state index is 0.106. The van der Waals surface area contributed by atoms with Gasteiger partial charge < -0.3 is 9.79 Å². The molecule has 0 amide bonds. The molecular formula is C8H7ClF3O3P. The summed E-state index contributed by atoms with van der Waals surface area (Å²) in [6.07, 6.45) is -5.38. The summed E-state index contributed by atoms with van der Waals surface area (Å²) in [4.78, 5) is 17.3. The largest absolute Gasteiger partial charge is 0.417 e. The molecule has 0 heterocycles. The van der Waals surface area contributed by atoms with Crippen LogP contribution in [0.3, 0.4) is 0 Å². The SMILES string of the molecule is O=P(O)(O)Cc1ccc(Cl)c(C(F)(F)F)c1. The van der Waals surface area contributed by atoms with Crippen LogP contribution in [-0.4, -0.2) is 9.79 Å². The lowest BCUT2D eigenvalue weighted by atomic mass is 10.1. The summed E-state index contributed by atoms with van der Waals surface area (Å²) in [7, 11) is -4.39. The molecule has 1 aromatic carbocycles. The van der Waals surface area contributed by atoms with Crippen LogP contribution in [0, 0.1) is 0 Å². The van der Waals surface area contributed by atoms with Gasteiger partial charge in [-0.15, -0.1) is 0 Å². The second kappa shape index (κ2) is 4.37. The lowest BCUT2D eigenvalue weighted by molar-refractivity contribution is -0.137. The molecule has 0 atom stereocenters. The zero-order valence-corrected chi connectivity index (χ0v) is 9.35. The number of alkyl halides is 3. The maximum absolute atomic E-state index is 12.4. The van der Waals surface area contributed by atoms with Crippen molar-refractivity contribution in [3.05, 3.63) is 34.3 Å². The zero-order valence-electron chi connectivity index (χ0n) is 7.70. The summed E-state index contributed by atoms with van der Waals surface area (Å²) >= 11 is 5.34. The molecule has 3 nitrogen and oxygen atoms in total. The van der Waals surface area contributed by atoms with Gasteiger partial charge in [0, 0.05) is 0 Å². The number of halogens is 4. The molecule has 90 valence electrons. The Balaban J connectivity index is 3.13. The van der Waals surface area contributed by atoms with E-state index in [0.717, 1.165) is 12.1 Å².